The molecule has 3 rings (SSSR count). The molecule has 0 radical (unpaired) electrons. The predicted octanol–water partition coefficient (Wildman–Crippen LogP) is 4.16. The zero-order valence-electron chi connectivity index (χ0n) is 12.6. The van der Waals surface area contributed by atoms with Crippen LogP contribution in [0.3, 0.4) is 0 Å². The van der Waals surface area contributed by atoms with Crippen LogP contribution in [0.5, 0.6) is 0 Å². The lowest BCUT2D eigenvalue weighted by atomic mass is 10.2. The molecule has 1 saturated carbocycles. The highest BCUT2D eigenvalue weighted by Gasteiger charge is 2.27. The number of amides is 1. The lowest BCUT2D eigenvalue weighted by molar-refractivity contribution is 0.0947. The third kappa shape index (κ3) is 2.75. The smallest absolute Gasteiger partial charge is 0.256 e. The molecule has 1 aliphatic rings. The van der Waals surface area contributed by atoms with Crippen molar-refractivity contribution in [1.29, 1.82) is 0 Å². The maximum Gasteiger partial charge on any atom is 0.256 e. The molecule has 1 aromatic carbocycles. The number of nitrogens with one attached hydrogen (secondary N) is 1. The van der Waals surface area contributed by atoms with Gasteiger partial charge in [0.25, 0.3) is 5.91 Å². The summed E-state index contributed by atoms with van der Waals surface area (Å²) in [6, 6.07) is 6.91. The molecule has 5 heteroatoms. The molecule has 1 heterocycles. The van der Waals surface area contributed by atoms with Gasteiger partial charge < -0.3 is 9.88 Å². The molecule has 116 valence electrons. The Balaban J connectivity index is 1.75. The van der Waals surface area contributed by atoms with Crippen molar-refractivity contribution in [3.05, 3.63) is 57.6 Å². The van der Waals surface area contributed by atoms with E-state index in [4.69, 9.17) is 11.6 Å². The highest BCUT2D eigenvalue weighted by molar-refractivity contribution is 6.33. The van der Waals surface area contributed by atoms with Gasteiger partial charge in [-0.2, -0.15) is 0 Å². The number of hydrogen-bond donors (Lipinski definition) is 1. The fourth-order valence-electron chi connectivity index (χ4n) is 2.90. The minimum absolute atomic E-state index is 0.0971. The first kappa shape index (κ1) is 15.1. The van der Waals surface area contributed by atoms with Gasteiger partial charge >= 0.3 is 0 Å². The van der Waals surface area contributed by atoms with Gasteiger partial charge in [-0.3, -0.25) is 4.79 Å². The van der Waals surface area contributed by atoms with Gasteiger partial charge in [0, 0.05) is 24.0 Å². The number of benzene rings is 1. The van der Waals surface area contributed by atoms with E-state index in [2.05, 4.69) is 29.8 Å². The Morgan fingerprint density at radius 1 is 1.41 bits per heavy atom. The first-order valence-electron chi connectivity index (χ1n) is 7.38. The monoisotopic (exact) mass is 320 g/mol. The molecule has 2 aromatic rings. The maximum absolute atomic E-state index is 13.7. The number of hydrogen-bond acceptors (Lipinski definition) is 1. The molecule has 0 saturated heterocycles. The fraction of sp³-hybridized carbons (Fsp3) is 0.353. The number of aryl methyl sites for hydroxylation is 1. The molecular formula is C17H18ClFN2O. The number of carbonyl (C=O) groups is 1. The fourth-order valence-corrected chi connectivity index (χ4v) is 3.15. The van der Waals surface area contributed by atoms with Crippen LogP contribution < -0.4 is 5.32 Å². The van der Waals surface area contributed by atoms with Crippen molar-refractivity contribution in [3.8, 4) is 0 Å². The number of halogens is 2. The van der Waals surface area contributed by atoms with Crippen molar-refractivity contribution in [2.45, 2.75) is 39.3 Å². The summed E-state index contributed by atoms with van der Waals surface area (Å²) >= 11 is 5.91. The molecule has 0 atom stereocenters. The summed E-state index contributed by atoms with van der Waals surface area (Å²) in [6.45, 7) is 4.50. The predicted molar refractivity (Wildman–Crippen MR) is 84.8 cm³/mol. The number of rotatable bonds is 4. The van der Waals surface area contributed by atoms with Gasteiger partial charge in [-0.1, -0.05) is 17.7 Å². The summed E-state index contributed by atoms with van der Waals surface area (Å²) < 4.78 is 16.1. The normalized spacial score (nSPS) is 14.2. The largest absolute Gasteiger partial charge is 0.348 e. The highest BCUT2D eigenvalue weighted by atomic mass is 35.5. The van der Waals surface area contributed by atoms with Gasteiger partial charge in [-0.05, 0) is 50.5 Å². The first-order valence-corrected chi connectivity index (χ1v) is 7.76. The maximum atomic E-state index is 13.7. The van der Waals surface area contributed by atoms with Crippen molar-refractivity contribution in [3.63, 3.8) is 0 Å². The van der Waals surface area contributed by atoms with E-state index in [0.29, 0.717) is 12.6 Å². The second kappa shape index (κ2) is 5.76. The molecule has 3 nitrogen and oxygen atoms in total. The average molecular weight is 321 g/mol. The Labute approximate surface area is 134 Å². The molecule has 0 unspecified atom stereocenters. The van der Waals surface area contributed by atoms with Crippen molar-refractivity contribution >= 4 is 17.5 Å². The van der Waals surface area contributed by atoms with Crippen molar-refractivity contribution < 1.29 is 9.18 Å². The molecule has 1 aromatic heterocycles. The van der Waals surface area contributed by atoms with Crippen LogP contribution in [-0.4, -0.2) is 10.5 Å². The molecule has 1 fully saturated rings. The molecular weight excluding hydrogens is 303 g/mol. The van der Waals surface area contributed by atoms with Crippen molar-refractivity contribution in [1.82, 2.24) is 9.88 Å². The lowest BCUT2D eigenvalue weighted by Crippen LogP contribution is -2.24. The van der Waals surface area contributed by atoms with E-state index in [1.54, 1.807) is 0 Å². The number of nitrogens with zero attached hydrogens (tertiary/aromatic N) is 1. The molecule has 1 aliphatic carbocycles. The van der Waals surface area contributed by atoms with Crippen LogP contribution in [0, 0.1) is 19.7 Å². The van der Waals surface area contributed by atoms with Gasteiger partial charge in [0.05, 0.1) is 10.6 Å². The van der Waals surface area contributed by atoms with E-state index in [9.17, 15) is 9.18 Å². The summed E-state index contributed by atoms with van der Waals surface area (Å²) in [5.41, 5.74) is 3.33. The van der Waals surface area contributed by atoms with E-state index >= 15 is 0 Å². The van der Waals surface area contributed by atoms with Crippen LogP contribution >= 0.6 is 11.6 Å². The Bertz CT molecular complexity index is 714. The van der Waals surface area contributed by atoms with Gasteiger partial charge in [0.2, 0.25) is 0 Å². The third-order valence-electron chi connectivity index (χ3n) is 4.13. The van der Waals surface area contributed by atoms with Crippen LogP contribution in [0.15, 0.2) is 24.3 Å². The molecule has 1 N–H and O–H groups in total. The van der Waals surface area contributed by atoms with Gasteiger partial charge in [-0.15, -0.1) is 0 Å². The minimum atomic E-state index is -0.603. The molecule has 0 aliphatic heterocycles. The molecule has 1 amide bonds. The topological polar surface area (TPSA) is 34.0 Å². The first-order chi connectivity index (χ1) is 10.5. The van der Waals surface area contributed by atoms with Crippen LogP contribution in [0.2, 0.25) is 5.02 Å². The standard InChI is InChI=1S/C17H18ClFN2O/c1-10-8-12(11(2)21(10)13-6-7-13)9-20-17(22)16-14(18)4-3-5-15(16)19/h3-5,8,13H,6-7,9H2,1-2H3,(H,20,22). The van der Waals surface area contributed by atoms with Gasteiger partial charge in [0.15, 0.2) is 0 Å². The van der Waals surface area contributed by atoms with Crippen LogP contribution in [0.1, 0.15) is 46.2 Å². The Morgan fingerprint density at radius 2 is 2.14 bits per heavy atom. The molecule has 0 bridgehead atoms. The summed E-state index contributed by atoms with van der Waals surface area (Å²) in [6.07, 6.45) is 2.43. The molecule has 22 heavy (non-hydrogen) atoms. The second-order valence-electron chi connectivity index (χ2n) is 5.78. The van der Waals surface area contributed by atoms with Gasteiger partial charge in [0.1, 0.15) is 5.82 Å². The van der Waals surface area contributed by atoms with E-state index < -0.39 is 11.7 Å². The van der Waals surface area contributed by atoms with E-state index in [-0.39, 0.29) is 10.6 Å². The summed E-state index contributed by atoms with van der Waals surface area (Å²) in [4.78, 5) is 12.2. The Kier molecular flexibility index (Phi) is 3.96. The average Bonchev–Trinajstić information content (AvgIpc) is 3.23. The number of aromatic nitrogens is 1. The van der Waals surface area contributed by atoms with E-state index in [0.717, 1.165) is 5.56 Å². The van der Waals surface area contributed by atoms with Crippen LogP contribution in [-0.2, 0) is 6.54 Å². The molecule has 0 spiro atoms. The summed E-state index contributed by atoms with van der Waals surface area (Å²) in [5, 5.41) is 2.89. The van der Waals surface area contributed by atoms with Gasteiger partial charge in [-0.25, -0.2) is 4.39 Å². The summed E-state index contributed by atoms with van der Waals surface area (Å²) in [7, 11) is 0. The van der Waals surface area contributed by atoms with Crippen molar-refractivity contribution in [2.24, 2.45) is 0 Å². The minimum Gasteiger partial charge on any atom is -0.348 e. The van der Waals surface area contributed by atoms with Crippen LogP contribution in [0.4, 0.5) is 4.39 Å². The quantitative estimate of drug-likeness (QED) is 0.901. The highest BCUT2D eigenvalue weighted by Crippen LogP contribution is 2.38. The summed E-state index contributed by atoms with van der Waals surface area (Å²) in [5.74, 6) is -1.09. The zero-order valence-corrected chi connectivity index (χ0v) is 13.4. The van der Waals surface area contributed by atoms with Crippen molar-refractivity contribution in [2.75, 3.05) is 0 Å². The van der Waals surface area contributed by atoms with E-state index in [1.165, 1.54) is 42.4 Å². The Hall–Kier alpha value is -1.81. The lowest BCUT2D eigenvalue weighted by Gasteiger charge is -2.09. The van der Waals surface area contributed by atoms with E-state index in [1.807, 2.05) is 0 Å². The van der Waals surface area contributed by atoms with Crippen LogP contribution in [0.25, 0.3) is 0 Å². The number of carbonyl (C=O) groups excluding carboxylic acids is 1. The SMILES string of the molecule is Cc1cc(CNC(=O)c2c(F)cccc2Cl)c(C)n1C1CC1. The zero-order chi connectivity index (χ0) is 15.9. The third-order valence-corrected chi connectivity index (χ3v) is 4.45. The second-order valence-corrected chi connectivity index (χ2v) is 6.18. The Morgan fingerprint density at radius 3 is 2.77 bits per heavy atom.